The fourth-order valence-electron chi connectivity index (χ4n) is 1.54. The number of hydrogen-bond acceptors (Lipinski definition) is 5. The van der Waals surface area contributed by atoms with Gasteiger partial charge in [0.15, 0.2) is 0 Å². The van der Waals surface area contributed by atoms with E-state index in [4.69, 9.17) is 10.3 Å². The van der Waals surface area contributed by atoms with Gasteiger partial charge in [0.2, 0.25) is 11.8 Å². The molecule has 1 aliphatic rings. The number of aromatic nitrogens is 1. The predicted molar refractivity (Wildman–Crippen MR) is 54.3 cm³/mol. The van der Waals surface area contributed by atoms with Gasteiger partial charge in [0.25, 0.3) is 0 Å². The van der Waals surface area contributed by atoms with Crippen LogP contribution in [0.3, 0.4) is 0 Å². The summed E-state index contributed by atoms with van der Waals surface area (Å²) in [6.07, 6.45) is 0. The van der Waals surface area contributed by atoms with Crippen molar-refractivity contribution < 1.29 is 9.32 Å². The van der Waals surface area contributed by atoms with Crippen LogP contribution in [-0.4, -0.2) is 41.6 Å². The lowest BCUT2D eigenvalue weighted by molar-refractivity contribution is -0.118. The summed E-state index contributed by atoms with van der Waals surface area (Å²) < 4.78 is 4.86. The summed E-state index contributed by atoms with van der Waals surface area (Å²) in [5, 5.41) is 6.30. The fraction of sp³-hybridized carbons (Fsp3) is 0.556. The first kappa shape index (κ1) is 10.1. The van der Waals surface area contributed by atoms with Crippen LogP contribution in [0.4, 0.5) is 5.88 Å². The van der Waals surface area contributed by atoms with E-state index in [0.29, 0.717) is 12.4 Å². The second-order valence-corrected chi connectivity index (χ2v) is 3.83. The molecule has 0 bridgehead atoms. The SMILES string of the molecule is Cc1cc(NC(=O)CN2CC(N)C2)on1. The number of nitrogens with zero attached hydrogens (tertiary/aromatic N) is 2. The molecule has 2 rings (SSSR count). The van der Waals surface area contributed by atoms with Crippen LogP contribution in [0.15, 0.2) is 10.6 Å². The normalized spacial score (nSPS) is 17.5. The summed E-state index contributed by atoms with van der Waals surface area (Å²) in [6.45, 7) is 3.72. The number of carbonyl (C=O) groups excluding carboxylic acids is 1. The average Bonchev–Trinajstić information content (AvgIpc) is 2.48. The molecule has 3 N–H and O–H groups in total. The first-order valence-corrected chi connectivity index (χ1v) is 4.84. The molecule has 6 nitrogen and oxygen atoms in total. The number of amides is 1. The summed E-state index contributed by atoms with van der Waals surface area (Å²) in [4.78, 5) is 13.4. The Hall–Kier alpha value is -1.40. The van der Waals surface area contributed by atoms with Gasteiger partial charge in [-0.05, 0) is 6.92 Å². The molecule has 1 aromatic heterocycles. The number of likely N-dealkylation sites (tertiary alicyclic amines) is 1. The van der Waals surface area contributed by atoms with Gasteiger partial charge in [-0.3, -0.25) is 15.0 Å². The van der Waals surface area contributed by atoms with Gasteiger partial charge in [0.05, 0.1) is 12.2 Å². The Morgan fingerprint density at radius 1 is 1.80 bits per heavy atom. The van der Waals surface area contributed by atoms with E-state index in [-0.39, 0.29) is 11.9 Å². The van der Waals surface area contributed by atoms with E-state index in [1.807, 2.05) is 4.90 Å². The highest BCUT2D eigenvalue weighted by Gasteiger charge is 2.24. The minimum atomic E-state index is -0.0990. The molecule has 6 heteroatoms. The predicted octanol–water partition coefficient (Wildman–Crippen LogP) is -0.436. The highest BCUT2D eigenvalue weighted by atomic mass is 16.5. The van der Waals surface area contributed by atoms with Crippen LogP contribution in [0.1, 0.15) is 5.69 Å². The lowest BCUT2D eigenvalue weighted by Crippen LogP contribution is -2.57. The summed E-state index contributed by atoms with van der Waals surface area (Å²) in [5.74, 6) is 0.292. The van der Waals surface area contributed by atoms with E-state index in [0.717, 1.165) is 18.8 Å². The molecule has 1 aliphatic heterocycles. The Labute approximate surface area is 87.4 Å². The Kier molecular flexibility index (Phi) is 2.70. The molecule has 0 radical (unpaired) electrons. The van der Waals surface area contributed by atoms with Crippen molar-refractivity contribution in [1.82, 2.24) is 10.1 Å². The Morgan fingerprint density at radius 2 is 2.53 bits per heavy atom. The average molecular weight is 210 g/mol. The van der Waals surface area contributed by atoms with Crippen molar-refractivity contribution in [2.75, 3.05) is 25.0 Å². The van der Waals surface area contributed by atoms with E-state index >= 15 is 0 Å². The summed E-state index contributed by atoms with van der Waals surface area (Å²) in [7, 11) is 0. The largest absolute Gasteiger partial charge is 0.338 e. The highest BCUT2D eigenvalue weighted by molar-refractivity contribution is 5.91. The van der Waals surface area contributed by atoms with E-state index in [9.17, 15) is 4.79 Å². The van der Waals surface area contributed by atoms with Crippen molar-refractivity contribution in [3.8, 4) is 0 Å². The summed E-state index contributed by atoms with van der Waals surface area (Å²) in [5.41, 5.74) is 6.35. The third kappa shape index (κ3) is 2.54. The van der Waals surface area contributed by atoms with Gasteiger partial charge in [0, 0.05) is 25.2 Å². The maximum atomic E-state index is 11.5. The first-order valence-electron chi connectivity index (χ1n) is 4.84. The topological polar surface area (TPSA) is 84.4 Å². The van der Waals surface area contributed by atoms with Crippen molar-refractivity contribution in [1.29, 1.82) is 0 Å². The molecule has 0 atom stereocenters. The first-order chi connectivity index (χ1) is 7.13. The van der Waals surface area contributed by atoms with E-state index < -0.39 is 0 Å². The van der Waals surface area contributed by atoms with Crippen LogP contribution >= 0.6 is 0 Å². The van der Waals surface area contributed by atoms with Crippen molar-refractivity contribution >= 4 is 11.8 Å². The molecule has 15 heavy (non-hydrogen) atoms. The molecule has 2 heterocycles. The number of carbonyl (C=O) groups is 1. The minimum Gasteiger partial charge on any atom is -0.338 e. The van der Waals surface area contributed by atoms with Gasteiger partial charge >= 0.3 is 0 Å². The molecule has 0 unspecified atom stereocenters. The number of nitrogens with two attached hydrogens (primary N) is 1. The number of rotatable bonds is 3. The standard InChI is InChI=1S/C9H14N4O2/c1-6-2-9(15-12-6)11-8(14)5-13-3-7(10)4-13/h2,7H,3-5,10H2,1H3,(H,11,14). The van der Waals surface area contributed by atoms with Gasteiger partial charge in [-0.15, -0.1) is 0 Å². The van der Waals surface area contributed by atoms with Crippen LogP contribution in [0, 0.1) is 6.92 Å². The minimum absolute atomic E-state index is 0.0990. The van der Waals surface area contributed by atoms with E-state index in [1.165, 1.54) is 0 Å². The Bertz CT molecular complexity index is 357. The fourth-order valence-corrected chi connectivity index (χ4v) is 1.54. The highest BCUT2D eigenvalue weighted by Crippen LogP contribution is 2.09. The zero-order valence-corrected chi connectivity index (χ0v) is 8.56. The lowest BCUT2D eigenvalue weighted by atomic mass is 10.1. The van der Waals surface area contributed by atoms with Gasteiger partial charge in [-0.1, -0.05) is 5.16 Å². The summed E-state index contributed by atoms with van der Waals surface area (Å²) in [6, 6.07) is 1.89. The molecule has 1 aromatic rings. The van der Waals surface area contributed by atoms with Crippen molar-refractivity contribution in [3.63, 3.8) is 0 Å². The van der Waals surface area contributed by atoms with Crippen LogP contribution in [-0.2, 0) is 4.79 Å². The monoisotopic (exact) mass is 210 g/mol. The lowest BCUT2D eigenvalue weighted by Gasteiger charge is -2.35. The molecule has 1 fully saturated rings. The molecule has 0 spiro atoms. The number of aryl methyl sites for hydroxylation is 1. The molecular formula is C9H14N4O2. The quantitative estimate of drug-likeness (QED) is 0.706. The summed E-state index contributed by atoms with van der Waals surface area (Å²) >= 11 is 0. The second kappa shape index (κ2) is 4.00. The maximum Gasteiger partial charge on any atom is 0.240 e. The number of nitrogens with one attached hydrogen (secondary N) is 1. The molecule has 82 valence electrons. The van der Waals surface area contributed by atoms with Crippen molar-refractivity contribution in [3.05, 3.63) is 11.8 Å². The number of hydrogen-bond donors (Lipinski definition) is 2. The van der Waals surface area contributed by atoms with E-state index in [1.54, 1.807) is 13.0 Å². The Morgan fingerprint density at radius 3 is 3.07 bits per heavy atom. The van der Waals surface area contributed by atoms with Gasteiger partial charge in [0.1, 0.15) is 0 Å². The molecule has 0 aromatic carbocycles. The third-order valence-corrected chi connectivity index (χ3v) is 2.24. The second-order valence-electron chi connectivity index (χ2n) is 3.83. The van der Waals surface area contributed by atoms with E-state index in [2.05, 4.69) is 10.5 Å². The third-order valence-electron chi connectivity index (χ3n) is 2.24. The van der Waals surface area contributed by atoms with Crippen molar-refractivity contribution in [2.24, 2.45) is 5.73 Å². The van der Waals surface area contributed by atoms with Gasteiger partial charge in [-0.25, -0.2) is 0 Å². The molecule has 1 amide bonds. The van der Waals surface area contributed by atoms with Crippen LogP contribution < -0.4 is 11.1 Å². The smallest absolute Gasteiger partial charge is 0.240 e. The molecule has 1 saturated heterocycles. The van der Waals surface area contributed by atoms with Gasteiger partial charge < -0.3 is 10.3 Å². The maximum absolute atomic E-state index is 11.5. The van der Waals surface area contributed by atoms with Crippen LogP contribution in [0.2, 0.25) is 0 Å². The van der Waals surface area contributed by atoms with Crippen LogP contribution in [0.5, 0.6) is 0 Å². The molecular weight excluding hydrogens is 196 g/mol. The van der Waals surface area contributed by atoms with Crippen LogP contribution in [0.25, 0.3) is 0 Å². The Balaban J connectivity index is 1.77. The van der Waals surface area contributed by atoms with Gasteiger partial charge in [-0.2, -0.15) is 0 Å². The zero-order chi connectivity index (χ0) is 10.8. The van der Waals surface area contributed by atoms with Crippen molar-refractivity contribution in [2.45, 2.75) is 13.0 Å². The zero-order valence-electron chi connectivity index (χ0n) is 8.56. The molecule has 0 aliphatic carbocycles. The number of anilines is 1. The molecule has 0 saturated carbocycles.